The number of carbonyl (C=O) groups is 1. The quantitative estimate of drug-likeness (QED) is 0.835. The molecule has 1 heterocycles. The molecule has 0 saturated heterocycles. The molecule has 3 rings (SSSR count). The third kappa shape index (κ3) is 4.26. The first kappa shape index (κ1) is 17.2. The van der Waals surface area contributed by atoms with Gasteiger partial charge in [-0.2, -0.15) is 5.10 Å². The maximum Gasteiger partial charge on any atom is 0.267 e. The third-order valence-corrected chi connectivity index (χ3v) is 4.61. The van der Waals surface area contributed by atoms with E-state index in [-0.39, 0.29) is 17.9 Å². The van der Waals surface area contributed by atoms with Crippen LogP contribution in [0.3, 0.4) is 0 Å². The lowest BCUT2D eigenvalue weighted by Gasteiger charge is -2.17. The van der Waals surface area contributed by atoms with Gasteiger partial charge < -0.3 is 10.1 Å². The maximum absolute atomic E-state index is 12.2. The van der Waals surface area contributed by atoms with Crippen molar-refractivity contribution in [2.45, 2.75) is 38.5 Å². The maximum atomic E-state index is 12.2. The van der Waals surface area contributed by atoms with E-state index in [1.54, 1.807) is 7.11 Å². The van der Waals surface area contributed by atoms with Crippen LogP contribution >= 0.6 is 0 Å². The Kier molecular flexibility index (Phi) is 5.48. The lowest BCUT2D eigenvalue weighted by atomic mass is 9.91. The number of methoxy groups -OCH3 is 1. The first-order valence-electron chi connectivity index (χ1n) is 8.66. The van der Waals surface area contributed by atoms with Crippen LogP contribution in [0.2, 0.25) is 0 Å². The summed E-state index contributed by atoms with van der Waals surface area (Å²) in [7, 11) is 1.64. The number of aromatic amines is 1. The van der Waals surface area contributed by atoms with Crippen molar-refractivity contribution in [3.63, 3.8) is 0 Å². The van der Waals surface area contributed by atoms with E-state index >= 15 is 0 Å². The number of benzene rings is 1. The zero-order chi connectivity index (χ0) is 17.6. The average molecular weight is 341 g/mol. The van der Waals surface area contributed by atoms with Crippen LogP contribution in [0, 0.1) is 0 Å². The van der Waals surface area contributed by atoms with Gasteiger partial charge in [0.15, 0.2) is 0 Å². The van der Waals surface area contributed by atoms with Crippen molar-refractivity contribution >= 4 is 5.91 Å². The Morgan fingerprint density at radius 2 is 1.92 bits per heavy atom. The lowest BCUT2D eigenvalue weighted by molar-refractivity contribution is -0.120. The van der Waals surface area contributed by atoms with Gasteiger partial charge in [0, 0.05) is 12.1 Å². The molecule has 0 atom stereocenters. The van der Waals surface area contributed by atoms with Gasteiger partial charge >= 0.3 is 0 Å². The number of hydrogen-bond acceptors (Lipinski definition) is 4. The molecule has 6 heteroatoms. The van der Waals surface area contributed by atoms with Crippen LogP contribution in [0.5, 0.6) is 5.75 Å². The number of ether oxygens (including phenoxy) is 1. The van der Waals surface area contributed by atoms with Crippen molar-refractivity contribution in [2.24, 2.45) is 0 Å². The topological polar surface area (TPSA) is 84.1 Å². The number of hydrogen-bond donors (Lipinski definition) is 2. The standard InChI is InChI=1S/C19H23N3O3/c1-25-14-8-6-13(7-9-14)10-11-20-18(23)12-17-15-4-2-3-5-16(15)19(24)22-21-17/h6-9H,2-5,10-12H2,1H3,(H,20,23)(H,22,24). The number of rotatable bonds is 6. The first-order valence-corrected chi connectivity index (χ1v) is 8.66. The summed E-state index contributed by atoms with van der Waals surface area (Å²) in [5.41, 5.74) is 3.51. The highest BCUT2D eigenvalue weighted by atomic mass is 16.5. The van der Waals surface area contributed by atoms with Crippen LogP contribution in [-0.4, -0.2) is 29.8 Å². The summed E-state index contributed by atoms with van der Waals surface area (Å²) in [5, 5.41) is 9.56. The predicted octanol–water partition coefficient (Wildman–Crippen LogP) is 1.56. The Labute approximate surface area is 146 Å². The Morgan fingerprint density at radius 1 is 1.20 bits per heavy atom. The van der Waals surface area contributed by atoms with E-state index in [1.807, 2.05) is 24.3 Å². The average Bonchev–Trinajstić information content (AvgIpc) is 2.65. The highest BCUT2D eigenvalue weighted by molar-refractivity contribution is 5.78. The lowest BCUT2D eigenvalue weighted by Crippen LogP contribution is -2.30. The van der Waals surface area contributed by atoms with Crippen LogP contribution in [0.25, 0.3) is 0 Å². The van der Waals surface area contributed by atoms with Gasteiger partial charge in [-0.05, 0) is 55.4 Å². The van der Waals surface area contributed by atoms with Crippen LogP contribution in [0.4, 0.5) is 0 Å². The zero-order valence-electron chi connectivity index (χ0n) is 14.4. The summed E-state index contributed by atoms with van der Waals surface area (Å²) < 4.78 is 5.13. The smallest absolute Gasteiger partial charge is 0.267 e. The fourth-order valence-corrected chi connectivity index (χ4v) is 3.23. The van der Waals surface area contributed by atoms with Gasteiger partial charge in [0.25, 0.3) is 5.56 Å². The van der Waals surface area contributed by atoms with E-state index in [4.69, 9.17) is 4.74 Å². The van der Waals surface area contributed by atoms with Crippen LogP contribution in [-0.2, 0) is 30.5 Å². The molecular formula is C19H23N3O3. The number of nitrogens with zero attached hydrogens (tertiary/aromatic N) is 1. The van der Waals surface area contributed by atoms with E-state index in [9.17, 15) is 9.59 Å². The van der Waals surface area contributed by atoms with Gasteiger partial charge in [-0.25, -0.2) is 5.10 Å². The molecule has 2 aromatic rings. The van der Waals surface area contributed by atoms with E-state index in [1.165, 1.54) is 0 Å². The Hall–Kier alpha value is -2.63. The van der Waals surface area contributed by atoms with Gasteiger partial charge in [-0.15, -0.1) is 0 Å². The predicted molar refractivity (Wildman–Crippen MR) is 94.9 cm³/mol. The molecule has 0 unspecified atom stereocenters. The highest BCUT2D eigenvalue weighted by Crippen LogP contribution is 2.20. The first-order chi connectivity index (χ1) is 12.2. The minimum atomic E-state index is -0.113. The van der Waals surface area contributed by atoms with Gasteiger partial charge in [0.1, 0.15) is 5.75 Å². The van der Waals surface area contributed by atoms with Gasteiger partial charge in [0.2, 0.25) is 5.91 Å². The largest absolute Gasteiger partial charge is 0.497 e. The van der Waals surface area contributed by atoms with Gasteiger partial charge in [-0.1, -0.05) is 12.1 Å². The van der Waals surface area contributed by atoms with Crippen LogP contribution in [0.1, 0.15) is 35.2 Å². The van der Waals surface area contributed by atoms with Crippen molar-refractivity contribution in [1.29, 1.82) is 0 Å². The molecule has 25 heavy (non-hydrogen) atoms. The minimum absolute atomic E-state index is 0.0687. The van der Waals surface area contributed by atoms with Crippen molar-refractivity contribution in [2.75, 3.05) is 13.7 Å². The Morgan fingerprint density at radius 3 is 2.64 bits per heavy atom. The minimum Gasteiger partial charge on any atom is -0.497 e. The number of fused-ring (bicyclic) bond motifs is 1. The number of carbonyl (C=O) groups excluding carboxylic acids is 1. The molecule has 0 bridgehead atoms. The summed E-state index contributed by atoms with van der Waals surface area (Å²) in [6.07, 6.45) is 4.65. The zero-order valence-corrected chi connectivity index (χ0v) is 14.4. The van der Waals surface area contributed by atoms with E-state index in [2.05, 4.69) is 15.5 Å². The number of aromatic nitrogens is 2. The number of nitrogens with one attached hydrogen (secondary N) is 2. The summed E-state index contributed by atoms with van der Waals surface area (Å²) in [6, 6.07) is 7.80. The molecule has 6 nitrogen and oxygen atoms in total. The van der Waals surface area contributed by atoms with Gasteiger partial charge in [0.05, 0.1) is 19.2 Å². The summed E-state index contributed by atoms with van der Waals surface area (Å²) >= 11 is 0. The van der Waals surface area contributed by atoms with E-state index in [0.717, 1.165) is 54.5 Å². The SMILES string of the molecule is COc1ccc(CCNC(=O)Cc2n[nH]c(=O)c3c2CCCC3)cc1. The number of amides is 1. The van der Waals surface area contributed by atoms with Crippen LogP contribution < -0.4 is 15.6 Å². The second-order valence-electron chi connectivity index (χ2n) is 6.29. The monoisotopic (exact) mass is 341 g/mol. The molecule has 0 fully saturated rings. The molecule has 1 amide bonds. The van der Waals surface area contributed by atoms with E-state index < -0.39 is 0 Å². The summed E-state index contributed by atoms with van der Waals surface area (Å²) in [4.78, 5) is 24.1. The van der Waals surface area contributed by atoms with Crippen molar-refractivity contribution < 1.29 is 9.53 Å². The highest BCUT2D eigenvalue weighted by Gasteiger charge is 2.19. The Balaban J connectivity index is 1.55. The molecule has 0 spiro atoms. The van der Waals surface area contributed by atoms with Crippen molar-refractivity contribution in [3.8, 4) is 5.75 Å². The molecule has 1 aromatic heterocycles. The molecule has 1 aliphatic rings. The fraction of sp³-hybridized carbons (Fsp3) is 0.421. The molecule has 0 aliphatic heterocycles. The fourth-order valence-electron chi connectivity index (χ4n) is 3.23. The van der Waals surface area contributed by atoms with Crippen molar-refractivity contribution in [1.82, 2.24) is 15.5 Å². The third-order valence-electron chi connectivity index (χ3n) is 4.61. The number of H-pyrrole nitrogens is 1. The van der Waals surface area contributed by atoms with E-state index in [0.29, 0.717) is 12.2 Å². The molecule has 0 radical (unpaired) electrons. The van der Waals surface area contributed by atoms with Crippen LogP contribution in [0.15, 0.2) is 29.1 Å². The molecular weight excluding hydrogens is 318 g/mol. The molecule has 0 saturated carbocycles. The molecule has 2 N–H and O–H groups in total. The second-order valence-corrected chi connectivity index (χ2v) is 6.29. The molecule has 132 valence electrons. The molecule has 1 aliphatic carbocycles. The molecule has 1 aromatic carbocycles. The Bertz CT molecular complexity index is 797. The summed E-state index contributed by atoms with van der Waals surface area (Å²) in [6.45, 7) is 0.566. The summed E-state index contributed by atoms with van der Waals surface area (Å²) in [5.74, 6) is 0.752. The van der Waals surface area contributed by atoms with Crippen molar-refractivity contribution in [3.05, 3.63) is 57.0 Å². The normalized spacial score (nSPS) is 13.2. The second kappa shape index (κ2) is 7.96. The van der Waals surface area contributed by atoms with Gasteiger partial charge in [-0.3, -0.25) is 9.59 Å².